The number of aryl methyl sites for hydroxylation is 3. The van der Waals surface area contributed by atoms with Crippen LogP contribution in [0.3, 0.4) is 0 Å². The molecule has 0 amide bonds. The van der Waals surface area contributed by atoms with Gasteiger partial charge < -0.3 is 10.1 Å². The minimum absolute atomic E-state index is 0.00598. The molecule has 0 saturated carbocycles. The van der Waals surface area contributed by atoms with Crippen LogP contribution >= 0.6 is 11.8 Å². The Kier molecular flexibility index (Phi) is 3.54. The number of hydrogen-bond donors (Lipinski definition) is 2. The predicted molar refractivity (Wildman–Crippen MR) is 69.3 cm³/mol. The van der Waals surface area contributed by atoms with Crippen molar-refractivity contribution in [2.75, 3.05) is 0 Å². The number of rotatable bonds is 3. The molecular formula is C13H16N2OS. The molecule has 0 saturated heterocycles. The number of aromatic nitrogens is 2. The van der Waals surface area contributed by atoms with Crippen LogP contribution in [-0.2, 0) is 6.61 Å². The summed E-state index contributed by atoms with van der Waals surface area (Å²) < 4.78 is 0. The lowest BCUT2D eigenvalue weighted by Gasteiger charge is -2.03. The first-order valence-electron chi connectivity index (χ1n) is 5.51. The first kappa shape index (κ1) is 12.2. The molecule has 17 heavy (non-hydrogen) atoms. The van der Waals surface area contributed by atoms with Crippen molar-refractivity contribution in [3.8, 4) is 0 Å². The third-order valence-corrected chi connectivity index (χ3v) is 3.43. The fourth-order valence-corrected chi connectivity index (χ4v) is 2.95. The van der Waals surface area contributed by atoms with E-state index < -0.39 is 0 Å². The molecule has 2 aromatic rings. The number of aliphatic hydroxyl groups is 1. The van der Waals surface area contributed by atoms with Crippen molar-refractivity contribution in [2.45, 2.75) is 37.3 Å². The molecule has 0 bridgehead atoms. The van der Waals surface area contributed by atoms with E-state index in [1.54, 1.807) is 11.8 Å². The molecule has 0 radical (unpaired) electrons. The van der Waals surface area contributed by atoms with Crippen molar-refractivity contribution < 1.29 is 5.11 Å². The Balaban J connectivity index is 2.30. The molecule has 0 unspecified atom stereocenters. The van der Waals surface area contributed by atoms with Crippen LogP contribution < -0.4 is 0 Å². The minimum Gasteiger partial charge on any atom is -0.390 e. The van der Waals surface area contributed by atoms with Crippen LogP contribution in [0.5, 0.6) is 0 Å². The normalized spacial score (nSPS) is 10.8. The lowest BCUT2D eigenvalue weighted by molar-refractivity contribution is 0.274. The van der Waals surface area contributed by atoms with Crippen LogP contribution in [0.4, 0.5) is 0 Å². The largest absolute Gasteiger partial charge is 0.390 e. The molecule has 1 heterocycles. The molecule has 4 heteroatoms. The van der Waals surface area contributed by atoms with Crippen LogP contribution in [-0.4, -0.2) is 15.1 Å². The number of nitrogens with zero attached hydrogens (tertiary/aromatic N) is 1. The number of H-pyrrole nitrogens is 1. The van der Waals surface area contributed by atoms with E-state index in [1.165, 1.54) is 11.1 Å². The smallest absolute Gasteiger partial charge is 0.125 e. The third kappa shape index (κ3) is 2.90. The summed E-state index contributed by atoms with van der Waals surface area (Å²) in [5.41, 5.74) is 3.27. The molecule has 0 atom stereocenters. The number of benzene rings is 1. The van der Waals surface area contributed by atoms with Gasteiger partial charge in [0.15, 0.2) is 0 Å². The summed E-state index contributed by atoms with van der Waals surface area (Å²) in [4.78, 5) is 8.60. The van der Waals surface area contributed by atoms with Crippen molar-refractivity contribution in [3.05, 3.63) is 40.8 Å². The second kappa shape index (κ2) is 4.94. The maximum absolute atomic E-state index is 9.23. The summed E-state index contributed by atoms with van der Waals surface area (Å²) in [5, 5.41) is 10.1. The van der Waals surface area contributed by atoms with Gasteiger partial charge in [0.1, 0.15) is 10.9 Å². The van der Waals surface area contributed by atoms with Gasteiger partial charge in [-0.25, -0.2) is 4.98 Å². The van der Waals surface area contributed by atoms with Crippen LogP contribution in [0.1, 0.15) is 22.6 Å². The summed E-state index contributed by atoms with van der Waals surface area (Å²) in [7, 11) is 0. The van der Waals surface area contributed by atoms with E-state index in [2.05, 4.69) is 42.0 Å². The molecule has 3 nitrogen and oxygen atoms in total. The Morgan fingerprint density at radius 3 is 2.41 bits per heavy atom. The average Bonchev–Trinajstić information content (AvgIpc) is 2.57. The zero-order chi connectivity index (χ0) is 12.4. The molecule has 1 aromatic heterocycles. The van der Waals surface area contributed by atoms with Gasteiger partial charge in [-0.1, -0.05) is 17.8 Å². The van der Waals surface area contributed by atoms with Gasteiger partial charge in [-0.15, -0.1) is 0 Å². The van der Waals surface area contributed by atoms with E-state index in [-0.39, 0.29) is 6.61 Å². The van der Waals surface area contributed by atoms with Crippen LogP contribution in [0.15, 0.2) is 28.1 Å². The summed E-state index contributed by atoms with van der Waals surface area (Å²) in [6.45, 7) is 6.05. The summed E-state index contributed by atoms with van der Waals surface area (Å²) in [6, 6.07) is 6.40. The molecular weight excluding hydrogens is 232 g/mol. The van der Waals surface area contributed by atoms with E-state index in [9.17, 15) is 5.11 Å². The van der Waals surface area contributed by atoms with Gasteiger partial charge in [0.05, 0.1) is 12.3 Å². The van der Waals surface area contributed by atoms with Crippen molar-refractivity contribution in [2.24, 2.45) is 0 Å². The molecule has 90 valence electrons. The summed E-state index contributed by atoms with van der Waals surface area (Å²) in [6.07, 6.45) is 0. The summed E-state index contributed by atoms with van der Waals surface area (Å²) in [5.74, 6) is 0.834. The van der Waals surface area contributed by atoms with Crippen molar-refractivity contribution in [3.63, 3.8) is 0 Å². The highest BCUT2D eigenvalue weighted by Crippen LogP contribution is 2.30. The van der Waals surface area contributed by atoms with Crippen molar-refractivity contribution in [1.29, 1.82) is 0 Å². The highest BCUT2D eigenvalue weighted by Gasteiger charge is 2.09. The average molecular weight is 248 g/mol. The second-order valence-electron chi connectivity index (χ2n) is 4.19. The van der Waals surface area contributed by atoms with E-state index in [0.717, 1.165) is 21.4 Å². The van der Waals surface area contributed by atoms with E-state index in [1.807, 2.05) is 6.92 Å². The van der Waals surface area contributed by atoms with Gasteiger partial charge in [-0.05, 0) is 44.0 Å². The first-order chi connectivity index (χ1) is 8.08. The molecule has 0 spiro atoms. The van der Waals surface area contributed by atoms with Crippen molar-refractivity contribution >= 4 is 11.8 Å². The molecule has 0 aliphatic rings. The highest BCUT2D eigenvalue weighted by molar-refractivity contribution is 7.99. The Bertz CT molecular complexity index is 514. The third-order valence-electron chi connectivity index (χ3n) is 2.43. The number of nitrogens with one attached hydrogen (secondary N) is 1. The molecule has 2 N–H and O–H groups in total. The van der Waals surface area contributed by atoms with Crippen molar-refractivity contribution in [1.82, 2.24) is 9.97 Å². The predicted octanol–water partition coefficient (Wildman–Crippen LogP) is 2.98. The first-order valence-corrected chi connectivity index (χ1v) is 6.32. The van der Waals surface area contributed by atoms with Crippen LogP contribution in [0.2, 0.25) is 0 Å². The second-order valence-corrected chi connectivity index (χ2v) is 5.25. The summed E-state index contributed by atoms with van der Waals surface area (Å²) >= 11 is 1.59. The van der Waals surface area contributed by atoms with Crippen LogP contribution in [0, 0.1) is 20.8 Å². The highest BCUT2D eigenvalue weighted by atomic mass is 32.2. The lowest BCUT2D eigenvalue weighted by Crippen LogP contribution is -1.86. The monoisotopic (exact) mass is 248 g/mol. The molecule has 0 fully saturated rings. The zero-order valence-electron chi connectivity index (χ0n) is 10.2. The number of hydrogen-bond acceptors (Lipinski definition) is 3. The van der Waals surface area contributed by atoms with Gasteiger partial charge >= 0.3 is 0 Å². The Morgan fingerprint density at radius 1 is 1.18 bits per heavy atom. The van der Waals surface area contributed by atoms with Crippen LogP contribution in [0.25, 0.3) is 0 Å². The van der Waals surface area contributed by atoms with Gasteiger partial charge in [0.25, 0.3) is 0 Å². The Labute approximate surface area is 105 Å². The standard InChI is InChI=1S/C13H16N2OS/c1-8-4-9(2)6-11(5-8)17-13-12(7-16)14-10(3)15-13/h4-6,16H,7H2,1-3H3,(H,14,15). The molecule has 1 aromatic carbocycles. The Hall–Kier alpha value is -1.26. The topological polar surface area (TPSA) is 48.9 Å². The fourth-order valence-electron chi connectivity index (χ4n) is 1.81. The maximum atomic E-state index is 9.23. The van der Waals surface area contributed by atoms with Gasteiger partial charge in [0.2, 0.25) is 0 Å². The Morgan fingerprint density at radius 2 is 1.82 bits per heavy atom. The van der Waals surface area contributed by atoms with E-state index >= 15 is 0 Å². The minimum atomic E-state index is -0.00598. The molecule has 0 aliphatic heterocycles. The van der Waals surface area contributed by atoms with Gasteiger partial charge in [-0.3, -0.25) is 0 Å². The SMILES string of the molecule is Cc1cc(C)cc(Sc2nc(C)[nH]c2CO)c1. The fraction of sp³-hybridized carbons (Fsp3) is 0.308. The molecule has 0 aliphatic carbocycles. The number of aliphatic hydroxyl groups excluding tert-OH is 1. The molecule has 2 rings (SSSR count). The van der Waals surface area contributed by atoms with Gasteiger partial charge in [0, 0.05) is 4.90 Å². The zero-order valence-corrected chi connectivity index (χ0v) is 11.1. The number of aromatic amines is 1. The van der Waals surface area contributed by atoms with E-state index in [4.69, 9.17) is 0 Å². The number of imidazole rings is 1. The quantitative estimate of drug-likeness (QED) is 0.878. The van der Waals surface area contributed by atoms with Gasteiger partial charge in [-0.2, -0.15) is 0 Å². The lowest BCUT2D eigenvalue weighted by atomic mass is 10.2. The maximum Gasteiger partial charge on any atom is 0.125 e. The van der Waals surface area contributed by atoms with E-state index in [0.29, 0.717) is 0 Å².